The smallest absolute Gasteiger partial charge is 0.226 e. The maximum absolute atomic E-state index is 5.78. The van der Waals surface area contributed by atoms with E-state index < -0.39 is 0 Å². The van der Waals surface area contributed by atoms with Gasteiger partial charge < -0.3 is 24.5 Å². The molecule has 1 fully saturated rings. The molecule has 0 aliphatic carbocycles. The number of aromatic nitrogens is 1. The van der Waals surface area contributed by atoms with Crippen LogP contribution in [0.4, 0.5) is 0 Å². The van der Waals surface area contributed by atoms with Crippen LogP contribution in [0, 0.1) is 6.92 Å². The topological polar surface area (TPSA) is 80.9 Å². The van der Waals surface area contributed by atoms with E-state index in [1.807, 2.05) is 31.2 Å². The van der Waals surface area contributed by atoms with E-state index in [2.05, 4.69) is 27.5 Å². The molecule has 7 nitrogen and oxygen atoms in total. The van der Waals surface area contributed by atoms with Gasteiger partial charge in [-0.2, -0.15) is 0 Å². The van der Waals surface area contributed by atoms with Gasteiger partial charge in [-0.3, -0.25) is 0 Å². The summed E-state index contributed by atoms with van der Waals surface area (Å²) in [6.45, 7) is 8.43. The van der Waals surface area contributed by atoms with Crippen LogP contribution < -0.4 is 10.6 Å². The summed E-state index contributed by atoms with van der Waals surface area (Å²) in [4.78, 5) is 9.13. The van der Waals surface area contributed by atoms with Crippen LogP contribution in [0.5, 0.6) is 0 Å². The molecule has 1 unspecified atom stereocenters. The highest BCUT2D eigenvalue weighted by Gasteiger charge is 2.15. The van der Waals surface area contributed by atoms with Gasteiger partial charge in [-0.15, -0.1) is 24.0 Å². The lowest BCUT2D eigenvalue weighted by molar-refractivity contribution is 0.0420. The third-order valence-electron chi connectivity index (χ3n) is 4.45. The summed E-state index contributed by atoms with van der Waals surface area (Å²) in [5.41, 5.74) is 2.99. The molecule has 0 bridgehead atoms. The fourth-order valence-corrected chi connectivity index (χ4v) is 2.88. The Morgan fingerprint density at radius 3 is 2.83 bits per heavy atom. The summed E-state index contributed by atoms with van der Waals surface area (Å²) in [6.07, 6.45) is 3.85. The summed E-state index contributed by atoms with van der Waals surface area (Å²) in [5.74, 6) is 1.39. The second kappa shape index (κ2) is 12.8. The van der Waals surface area contributed by atoms with E-state index in [0.717, 1.165) is 63.0 Å². The zero-order valence-corrected chi connectivity index (χ0v) is 19.5. The van der Waals surface area contributed by atoms with Gasteiger partial charge >= 0.3 is 0 Å². The molecule has 1 aliphatic rings. The Bertz CT molecular complexity index is 743. The minimum Gasteiger partial charge on any atom is -0.444 e. The molecule has 2 heterocycles. The van der Waals surface area contributed by atoms with Crippen molar-refractivity contribution in [2.45, 2.75) is 39.3 Å². The van der Waals surface area contributed by atoms with E-state index in [0.29, 0.717) is 12.4 Å². The van der Waals surface area contributed by atoms with Crippen LogP contribution in [0.2, 0.25) is 0 Å². The minimum atomic E-state index is 0. The maximum Gasteiger partial charge on any atom is 0.226 e. The number of halogens is 1. The van der Waals surface area contributed by atoms with E-state index in [1.165, 1.54) is 5.56 Å². The highest BCUT2D eigenvalue weighted by molar-refractivity contribution is 14.0. The first-order chi connectivity index (χ1) is 13.7. The lowest BCUT2D eigenvalue weighted by Crippen LogP contribution is -2.38. The number of hydrogen-bond donors (Lipinski definition) is 2. The van der Waals surface area contributed by atoms with Gasteiger partial charge in [0, 0.05) is 31.9 Å². The predicted octanol–water partition coefficient (Wildman–Crippen LogP) is 3.52. The van der Waals surface area contributed by atoms with Crippen molar-refractivity contribution in [3.63, 3.8) is 0 Å². The normalized spacial score (nSPS) is 16.5. The molecule has 8 heteroatoms. The van der Waals surface area contributed by atoms with Crippen LogP contribution in [-0.4, -0.2) is 50.0 Å². The molecule has 29 heavy (non-hydrogen) atoms. The van der Waals surface area contributed by atoms with E-state index in [1.54, 1.807) is 6.26 Å². The SMILES string of the molecule is CCNC(=NCc1coc(-c2ccc(C)cc2)n1)NCCCOC1CCOC1.I. The fraction of sp³-hybridized carbons (Fsp3) is 0.524. The van der Waals surface area contributed by atoms with Crippen molar-refractivity contribution in [1.29, 1.82) is 0 Å². The average molecular weight is 514 g/mol. The fourth-order valence-electron chi connectivity index (χ4n) is 2.88. The lowest BCUT2D eigenvalue weighted by Gasteiger charge is -2.12. The number of ether oxygens (including phenoxy) is 2. The number of nitrogens with one attached hydrogen (secondary N) is 2. The molecule has 1 saturated heterocycles. The first-order valence-electron chi connectivity index (χ1n) is 9.97. The quantitative estimate of drug-likeness (QED) is 0.231. The number of rotatable bonds is 9. The summed E-state index contributed by atoms with van der Waals surface area (Å²) in [7, 11) is 0. The number of oxazole rings is 1. The van der Waals surface area contributed by atoms with Gasteiger partial charge in [-0.1, -0.05) is 17.7 Å². The summed E-state index contributed by atoms with van der Waals surface area (Å²) < 4.78 is 16.7. The molecular weight excluding hydrogens is 483 g/mol. The molecule has 0 radical (unpaired) electrons. The molecule has 0 spiro atoms. The van der Waals surface area contributed by atoms with Crippen molar-refractivity contribution < 1.29 is 13.9 Å². The molecule has 160 valence electrons. The van der Waals surface area contributed by atoms with E-state index in [4.69, 9.17) is 13.9 Å². The van der Waals surface area contributed by atoms with Gasteiger partial charge in [0.1, 0.15) is 12.0 Å². The summed E-state index contributed by atoms with van der Waals surface area (Å²) in [6, 6.07) is 8.13. The van der Waals surface area contributed by atoms with E-state index in [9.17, 15) is 0 Å². The molecule has 3 rings (SSSR count). The molecule has 0 saturated carbocycles. The lowest BCUT2D eigenvalue weighted by atomic mass is 10.1. The van der Waals surface area contributed by atoms with Gasteiger partial charge in [-0.05, 0) is 38.8 Å². The second-order valence-electron chi connectivity index (χ2n) is 6.84. The largest absolute Gasteiger partial charge is 0.444 e. The van der Waals surface area contributed by atoms with Gasteiger partial charge in [0.25, 0.3) is 0 Å². The van der Waals surface area contributed by atoms with Crippen LogP contribution in [0.15, 0.2) is 39.9 Å². The molecule has 2 aromatic rings. The minimum absolute atomic E-state index is 0. The number of benzene rings is 1. The van der Waals surface area contributed by atoms with Crippen molar-refractivity contribution in [1.82, 2.24) is 15.6 Å². The van der Waals surface area contributed by atoms with Gasteiger partial charge in [0.05, 0.1) is 19.3 Å². The predicted molar refractivity (Wildman–Crippen MR) is 125 cm³/mol. The van der Waals surface area contributed by atoms with Crippen molar-refractivity contribution in [3.05, 3.63) is 41.8 Å². The van der Waals surface area contributed by atoms with Gasteiger partial charge in [0.2, 0.25) is 5.89 Å². The standard InChI is InChI=1S/C21H30N4O3.HI/c1-3-22-21(23-10-4-11-27-19-9-12-26-15-19)24-13-18-14-28-20(25-18)17-7-5-16(2)6-8-17;/h5-8,14,19H,3-4,9-13,15H2,1-2H3,(H2,22,23,24);1H. The third-order valence-corrected chi connectivity index (χ3v) is 4.45. The number of aliphatic imine (C=N–C) groups is 1. The zero-order valence-electron chi connectivity index (χ0n) is 17.1. The molecule has 1 aliphatic heterocycles. The number of guanidine groups is 1. The van der Waals surface area contributed by atoms with Crippen molar-refractivity contribution in [2.24, 2.45) is 4.99 Å². The highest BCUT2D eigenvalue weighted by Crippen LogP contribution is 2.19. The van der Waals surface area contributed by atoms with Crippen LogP contribution in [0.1, 0.15) is 31.0 Å². The van der Waals surface area contributed by atoms with Crippen LogP contribution in [0.3, 0.4) is 0 Å². The summed E-state index contributed by atoms with van der Waals surface area (Å²) in [5, 5.41) is 6.58. The Morgan fingerprint density at radius 2 is 2.10 bits per heavy atom. The molecule has 2 N–H and O–H groups in total. The Balaban J connectivity index is 0.00000300. The van der Waals surface area contributed by atoms with Crippen molar-refractivity contribution in [3.8, 4) is 11.5 Å². The van der Waals surface area contributed by atoms with E-state index >= 15 is 0 Å². The number of nitrogens with zero attached hydrogens (tertiary/aromatic N) is 2. The Labute approximate surface area is 189 Å². The van der Waals surface area contributed by atoms with Crippen molar-refractivity contribution in [2.75, 3.05) is 32.9 Å². The van der Waals surface area contributed by atoms with E-state index in [-0.39, 0.29) is 30.1 Å². The average Bonchev–Trinajstić information content (AvgIpc) is 3.38. The molecule has 0 amide bonds. The Hall–Kier alpha value is -1.65. The molecular formula is C21H31IN4O3. The second-order valence-corrected chi connectivity index (χ2v) is 6.84. The first kappa shape index (κ1) is 23.6. The first-order valence-corrected chi connectivity index (χ1v) is 9.97. The molecule has 1 aromatic carbocycles. The maximum atomic E-state index is 5.78. The Morgan fingerprint density at radius 1 is 1.28 bits per heavy atom. The zero-order chi connectivity index (χ0) is 19.6. The van der Waals surface area contributed by atoms with Crippen LogP contribution in [0.25, 0.3) is 11.5 Å². The Kier molecular flexibility index (Phi) is 10.4. The number of aryl methyl sites for hydroxylation is 1. The third kappa shape index (κ3) is 7.94. The van der Waals surface area contributed by atoms with Crippen LogP contribution >= 0.6 is 24.0 Å². The van der Waals surface area contributed by atoms with Gasteiger partial charge in [0.15, 0.2) is 5.96 Å². The highest BCUT2D eigenvalue weighted by atomic mass is 127. The van der Waals surface area contributed by atoms with Gasteiger partial charge in [-0.25, -0.2) is 9.98 Å². The number of hydrogen-bond acceptors (Lipinski definition) is 5. The van der Waals surface area contributed by atoms with Crippen molar-refractivity contribution >= 4 is 29.9 Å². The molecule has 1 atom stereocenters. The van der Waals surface area contributed by atoms with Crippen LogP contribution in [-0.2, 0) is 16.0 Å². The summed E-state index contributed by atoms with van der Waals surface area (Å²) >= 11 is 0. The monoisotopic (exact) mass is 514 g/mol. The molecule has 1 aromatic heterocycles.